The highest BCUT2D eigenvalue weighted by Gasteiger charge is 2.39. The van der Waals surface area contributed by atoms with Gasteiger partial charge in [0.2, 0.25) is 0 Å². The first-order valence-corrected chi connectivity index (χ1v) is 12.0. The predicted molar refractivity (Wildman–Crippen MR) is 124 cm³/mol. The highest BCUT2D eigenvalue weighted by Crippen LogP contribution is 2.30. The van der Waals surface area contributed by atoms with Gasteiger partial charge in [-0.1, -0.05) is 6.42 Å². The van der Waals surface area contributed by atoms with Gasteiger partial charge in [-0.05, 0) is 65.8 Å². The molecule has 2 N–H and O–H groups in total. The Morgan fingerprint density at radius 2 is 1.90 bits per heavy atom. The standard InChI is InChI=1S/C21H39N7S/c1-5-22-19(23-15-18-16-29-20(25-18)26(2)3)24-17-21(9-13-27(4)14-10-21)28-11-7-6-8-12-28/h16H,5-15,17H2,1-4H3,(H2,22,23,24). The van der Waals surface area contributed by atoms with E-state index in [0.717, 1.165) is 29.9 Å². The van der Waals surface area contributed by atoms with Gasteiger partial charge in [-0.2, -0.15) is 0 Å². The molecule has 2 aliphatic rings. The lowest BCUT2D eigenvalue weighted by Crippen LogP contribution is -2.62. The van der Waals surface area contributed by atoms with E-state index in [1.807, 2.05) is 19.0 Å². The summed E-state index contributed by atoms with van der Waals surface area (Å²) < 4.78 is 0. The number of piperidine rings is 2. The van der Waals surface area contributed by atoms with Gasteiger partial charge in [0.05, 0.1) is 12.2 Å². The number of thiazole rings is 1. The number of nitrogens with zero attached hydrogens (tertiary/aromatic N) is 5. The molecule has 0 saturated carbocycles. The number of aliphatic imine (C=N–C) groups is 1. The zero-order valence-electron chi connectivity index (χ0n) is 18.7. The maximum Gasteiger partial charge on any atom is 0.191 e. The Kier molecular flexibility index (Phi) is 8.15. The van der Waals surface area contributed by atoms with Crippen LogP contribution < -0.4 is 15.5 Å². The van der Waals surface area contributed by atoms with Gasteiger partial charge in [-0.3, -0.25) is 4.90 Å². The zero-order valence-corrected chi connectivity index (χ0v) is 19.5. The zero-order chi connectivity index (χ0) is 20.7. The predicted octanol–water partition coefficient (Wildman–Crippen LogP) is 2.21. The van der Waals surface area contributed by atoms with Gasteiger partial charge in [0.1, 0.15) is 0 Å². The fraction of sp³-hybridized carbons (Fsp3) is 0.810. The van der Waals surface area contributed by atoms with Gasteiger partial charge >= 0.3 is 0 Å². The lowest BCUT2D eigenvalue weighted by atomic mass is 9.84. The van der Waals surface area contributed by atoms with E-state index in [2.05, 4.69) is 44.8 Å². The van der Waals surface area contributed by atoms with Gasteiger partial charge in [-0.15, -0.1) is 11.3 Å². The quantitative estimate of drug-likeness (QED) is 0.520. The lowest BCUT2D eigenvalue weighted by molar-refractivity contribution is 0.0173. The molecule has 3 heterocycles. The fourth-order valence-corrected chi connectivity index (χ4v) is 5.08. The second kappa shape index (κ2) is 10.6. The van der Waals surface area contributed by atoms with E-state index in [9.17, 15) is 0 Å². The van der Waals surface area contributed by atoms with Crippen LogP contribution in [0.1, 0.15) is 44.7 Å². The largest absolute Gasteiger partial charge is 0.357 e. The summed E-state index contributed by atoms with van der Waals surface area (Å²) in [6, 6.07) is 0. The fourth-order valence-electron chi connectivity index (χ4n) is 4.33. The molecule has 0 aromatic carbocycles. The van der Waals surface area contributed by atoms with Crippen LogP contribution >= 0.6 is 11.3 Å². The van der Waals surface area contributed by atoms with Crippen molar-refractivity contribution in [3.63, 3.8) is 0 Å². The molecular formula is C21H39N7S. The summed E-state index contributed by atoms with van der Waals surface area (Å²) >= 11 is 1.67. The molecule has 0 spiro atoms. The van der Waals surface area contributed by atoms with Crippen LogP contribution in [0.25, 0.3) is 0 Å². The third-order valence-electron chi connectivity index (χ3n) is 6.20. The summed E-state index contributed by atoms with van der Waals surface area (Å²) in [5.74, 6) is 0.905. The highest BCUT2D eigenvalue weighted by atomic mass is 32.1. The highest BCUT2D eigenvalue weighted by molar-refractivity contribution is 7.13. The molecule has 0 unspecified atom stereocenters. The molecule has 3 rings (SSSR count). The van der Waals surface area contributed by atoms with Crippen LogP contribution in [-0.4, -0.2) is 86.7 Å². The first-order chi connectivity index (χ1) is 14.0. The second-order valence-electron chi connectivity index (χ2n) is 8.64. The number of anilines is 1. The van der Waals surface area contributed by atoms with Crippen LogP contribution in [0.2, 0.25) is 0 Å². The molecule has 1 aromatic rings. The van der Waals surface area contributed by atoms with Crippen LogP contribution in [-0.2, 0) is 6.54 Å². The first-order valence-electron chi connectivity index (χ1n) is 11.1. The molecule has 0 atom stereocenters. The summed E-state index contributed by atoms with van der Waals surface area (Å²) in [6.45, 7) is 9.41. The number of hydrogen-bond donors (Lipinski definition) is 2. The van der Waals surface area contributed by atoms with Crippen molar-refractivity contribution in [2.75, 3.05) is 65.3 Å². The van der Waals surface area contributed by atoms with Crippen molar-refractivity contribution in [1.82, 2.24) is 25.4 Å². The Labute approximate surface area is 180 Å². The molecule has 7 nitrogen and oxygen atoms in total. The van der Waals surface area contributed by atoms with Crippen LogP contribution in [0.4, 0.5) is 5.13 Å². The minimum absolute atomic E-state index is 0.252. The van der Waals surface area contributed by atoms with E-state index >= 15 is 0 Å². The maximum atomic E-state index is 4.82. The van der Waals surface area contributed by atoms with Crippen molar-refractivity contribution in [1.29, 1.82) is 0 Å². The molecule has 1 aromatic heterocycles. The topological polar surface area (TPSA) is 59.0 Å². The monoisotopic (exact) mass is 421 g/mol. The third-order valence-corrected chi connectivity index (χ3v) is 7.25. The normalized spacial score (nSPS) is 21.2. The van der Waals surface area contributed by atoms with Crippen molar-refractivity contribution < 1.29 is 0 Å². The minimum atomic E-state index is 0.252. The van der Waals surface area contributed by atoms with E-state index in [1.165, 1.54) is 58.3 Å². The average Bonchev–Trinajstić information content (AvgIpc) is 3.22. The number of aromatic nitrogens is 1. The number of nitrogens with one attached hydrogen (secondary N) is 2. The number of hydrogen-bond acceptors (Lipinski definition) is 6. The van der Waals surface area contributed by atoms with E-state index in [4.69, 9.17) is 4.99 Å². The van der Waals surface area contributed by atoms with Crippen LogP contribution in [0.15, 0.2) is 10.4 Å². The van der Waals surface area contributed by atoms with Gasteiger partial charge in [0.25, 0.3) is 0 Å². The molecule has 0 bridgehead atoms. The summed E-state index contributed by atoms with van der Waals surface area (Å²) in [4.78, 5) is 16.8. The lowest BCUT2D eigenvalue weighted by Gasteiger charge is -2.50. The van der Waals surface area contributed by atoms with Crippen LogP contribution in [0.3, 0.4) is 0 Å². The summed E-state index contributed by atoms with van der Waals surface area (Å²) in [5, 5.41) is 10.2. The smallest absolute Gasteiger partial charge is 0.191 e. The van der Waals surface area contributed by atoms with E-state index in [0.29, 0.717) is 6.54 Å². The summed E-state index contributed by atoms with van der Waals surface area (Å²) in [7, 11) is 6.30. The number of rotatable bonds is 7. The van der Waals surface area contributed by atoms with Crippen LogP contribution in [0.5, 0.6) is 0 Å². The Morgan fingerprint density at radius 3 is 2.52 bits per heavy atom. The average molecular weight is 422 g/mol. The van der Waals surface area contributed by atoms with E-state index < -0.39 is 0 Å². The van der Waals surface area contributed by atoms with Crippen LogP contribution in [0, 0.1) is 0 Å². The molecule has 8 heteroatoms. The Bertz CT molecular complexity index is 643. The van der Waals surface area contributed by atoms with Gasteiger partial charge in [0, 0.05) is 38.1 Å². The molecule has 2 aliphatic heterocycles. The van der Waals surface area contributed by atoms with Crippen molar-refractivity contribution in [3.05, 3.63) is 11.1 Å². The summed E-state index contributed by atoms with van der Waals surface area (Å²) in [6.07, 6.45) is 6.52. The summed E-state index contributed by atoms with van der Waals surface area (Å²) in [5.41, 5.74) is 1.28. The SMILES string of the molecule is CCNC(=NCc1csc(N(C)C)n1)NCC1(N2CCCCC2)CCN(C)CC1. The van der Waals surface area contributed by atoms with Crippen molar-refractivity contribution >= 4 is 22.4 Å². The Hall–Kier alpha value is -1.38. The number of likely N-dealkylation sites (tertiary alicyclic amines) is 2. The van der Waals surface area contributed by atoms with Gasteiger partial charge in [0.15, 0.2) is 11.1 Å². The van der Waals surface area contributed by atoms with Crippen molar-refractivity contribution in [3.8, 4) is 0 Å². The molecule has 0 amide bonds. The van der Waals surface area contributed by atoms with Crippen molar-refractivity contribution in [2.45, 2.75) is 51.1 Å². The molecule has 29 heavy (non-hydrogen) atoms. The minimum Gasteiger partial charge on any atom is -0.357 e. The second-order valence-corrected chi connectivity index (χ2v) is 9.48. The number of guanidine groups is 1. The maximum absolute atomic E-state index is 4.82. The molecule has 2 saturated heterocycles. The molecule has 164 valence electrons. The van der Waals surface area contributed by atoms with Gasteiger partial charge in [-0.25, -0.2) is 9.98 Å². The first kappa shape index (κ1) is 22.3. The molecule has 2 fully saturated rings. The van der Waals surface area contributed by atoms with E-state index in [-0.39, 0.29) is 5.54 Å². The molecule has 0 radical (unpaired) electrons. The van der Waals surface area contributed by atoms with E-state index in [1.54, 1.807) is 11.3 Å². The van der Waals surface area contributed by atoms with Crippen molar-refractivity contribution in [2.24, 2.45) is 4.99 Å². The Balaban J connectivity index is 1.65. The molecule has 0 aliphatic carbocycles. The van der Waals surface area contributed by atoms with Gasteiger partial charge < -0.3 is 20.4 Å². The molecular weight excluding hydrogens is 382 g/mol. The Morgan fingerprint density at radius 1 is 1.17 bits per heavy atom. The third kappa shape index (κ3) is 6.06.